The van der Waals surface area contributed by atoms with Crippen molar-refractivity contribution in [3.05, 3.63) is 12.1 Å². The van der Waals surface area contributed by atoms with Gasteiger partial charge in [0.15, 0.2) is 11.5 Å². The van der Waals surface area contributed by atoms with Crippen molar-refractivity contribution in [2.45, 2.75) is 16.9 Å². The summed E-state index contributed by atoms with van der Waals surface area (Å²) in [6.07, 6.45) is 0.630. The van der Waals surface area contributed by atoms with Crippen LogP contribution in [0.3, 0.4) is 0 Å². The van der Waals surface area contributed by atoms with Gasteiger partial charge in [0.1, 0.15) is 5.25 Å². The van der Waals surface area contributed by atoms with Gasteiger partial charge in [-0.1, -0.05) is 0 Å². The summed E-state index contributed by atoms with van der Waals surface area (Å²) >= 11 is 1.20. The molecule has 0 aliphatic carbocycles. The maximum Gasteiger partial charge on any atom is 0.319 e. The number of rotatable bonds is 6. The second-order valence-electron chi connectivity index (χ2n) is 4.85. The fraction of sp³-hybridized carbons (Fsp3) is 0.400. The third-order valence-electron chi connectivity index (χ3n) is 3.45. The monoisotopic (exact) mass is 352 g/mol. The minimum atomic E-state index is -0.307. The summed E-state index contributed by atoms with van der Waals surface area (Å²) in [6.45, 7) is 0.421. The lowest BCUT2D eigenvalue weighted by atomic mass is 10.2. The van der Waals surface area contributed by atoms with E-state index in [-0.39, 0.29) is 11.2 Å². The molecule has 0 spiro atoms. The van der Waals surface area contributed by atoms with E-state index in [1.807, 2.05) is 0 Å². The minimum Gasteiger partial charge on any atom is -0.493 e. The van der Waals surface area contributed by atoms with E-state index in [0.29, 0.717) is 47.0 Å². The highest BCUT2D eigenvalue weighted by Gasteiger charge is 2.29. The van der Waals surface area contributed by atoms with E-state index >= 15 is 0 Å². The molecule has 0 unspecified atom stereocenters. The van der Waals surface area contributed by atoms with Gasteiger partial charge in [0, 0.05) is 12.0 Å². The molecule has 0 bridgehead atoms. The van der Waals surface area contributed by atoms with Crippen LogP contribution >= 0.6 is 11.8 Å². The summed E-state index contributed by atoms with van der Waals surface area (Å²) in [4.78, 5) is 11.5. The number of cyclic esters (lactones) is 1. The average Bonchev–Trinajstić information content (AvgIpc) is 3.23. The molecule has 1 atom stereocenters. The summed E-state index contributed by atoms with van der Waals surface area (Å²) in [5, 5.41) is 7.99. The summed E-state index contributed by atoms with van der Waals surface area (Å²) in [5.41, 5.74) is 0.623. The lowest BCUT2D eigenvalue weighted by Crippen LogP contribution is -2.09. The number of carbonyl (C=O) groups is 1. The fourth-order valence-electron chi connectivity index (χ4n) is 2.28. The van der Waals surface area contributed by atoms with Crippen molar-refractivity contribution >= 4 is 17.7 Å². The zero-order valence-electron chi connectivity index (χ0n) is 13.4. The van der Waals surface area contributed by atoms with E-state index in [1.54, 1.807) is 12.1 Å². The van der Waals surface area contributed by atoms with E-state index in [4.69, 9.17) is 23.4 Å². The molecule has 1 saturated heterocycles. The number of carbonyl (C=O) groups excluding carboxylic acids is 1. The Morgan fingerprint density at radius 2 is 1.83 bits per heavy atom. The van der Waals surface area contributed by atoms with Crippen LogP contribution in [0.5, 0.6) is 17.2 Å². The first kappa shape index (κ1) is 16.4. The predicted octanol–water partition coefficient (Wildman–Crippen LogP) is 2.17. The summed E-state index contributed by atoms with van der Waals surface area (Å²) in [7, 11) is 4.59. The number of hydrogen-bond acceptors (Lipinski definition) is 9. The first-order valence-electron chi connectivity index (χ1n) is 7.13. The number of nitrogens with zero attached hydrogens (tertiary/aromatic N) is 2. The Balaban J connectivity index is 1.88. The number of aromatic nitrogens is 2. The lowest BCUT2D eigenvalue weighted by Gasteiger charge is -2.12. The van der Waals surface area contributed by atoms with E-state index in [2.05, 4.69) is 10.2 Å². The summed E-state index contributed by atoms with van der Waals surface area (Å²) in [5.74, 6) is 1.49. The molecule has 8 nitrogen and oxygen atoms in total. The Hall–Kier alpha value is -2.42. The van der Waals surface area contributed by atoms with Gasteiger partial charge in [-0.3, -0.25) is 4.79 Å². The second kappa shape index (κ2) is 7.00. The van der Waals surface area contributed by atoms with Crippen LogP contribution < -0.4 is 14.2 Å². The maximum absolute atomic E-state index is 11.5. The van der Waals surface area contributed by atoms with Crippen LogP contribution in [0.4, 0.5) is 0 Å². The van der Waals surface area contributed by atoms with E-state index in [1.165, 1.54) is 33.1 Å². The van der Waals surface area contributed by atoms with Crippen LogP contribution in [0.1, 0.15) is 6.42 Å². The number of methoxy groups -OCH3 is 3. The highest BCUT2D eigenvalue weighted by Crippen LogP contribution is 2.41. The molecular weight excluding hydrogens is 336 g/mol. The highest BCUT2D eigenvalue weighted by molar-refractivity contribution is 8.00. The Morgan fingerprint density at radius 1 is 1.12 bits per heavy atom. The van der Waals surface area contributed by atoms with Crippen molar-refractivity contribution in [2.24, 2.45) is 0 Å². The zero-order valence-corrected chi connectivity index (χ0v) is 14.2. The van der Waals surface area contributed by atoms with Crippen molar-refractivity contribution in [2.75, 3.05) is 27.9 Å². The van der Waals surface area contributed by atoms with E-state index < -0.39 is 0 Å². The standard InChI is InChI=1S/C15H16N2O6S/c1-19-9-6-8(7-10(20-2)12(9)21-3)13-16-17-15(23-13)24-11-4-5-22-14(11)18/h6-7,11H,4-5H2,1-3H3/t11-/m0/s1. The molecule has 0 radical (unpaired) electrons. The van der Waals surface area contributed by atoms with Crippen molar-refractivity contribution in [1.29, 1.82) is 0 Å². The molecule has 1 aromatic carbocycles. The molecule has 3 rings (SSSR count). The predicted molar refractivity (Wildman–Crippen MR) is 84.6 cm³/mol. The summed E-state index contributed by atoms with van der Waals surface area (Å²) in [6, 6.07) is 3.43. The number of benzene rings is 1. The van der Waals surface area contributed by atoms with Crippen LogP contribution in [0, 0.1) is 0 Å². The van der Waals surface area contributed by atoms with Crippen LogP contribution in [0.25, 0.3) is 11.5 Å². The van der Waals surface area contributed by atoms with Gasteiger partial charge in [-0.05, 0) is 23.9 Å². The Bertz CT molecular complexity index is 722. The SMILES string of the molecule is COc1cc(-c2nnc(S[C@H]3CCOC3=O)o2)cc(OC)c1OC. The molecule has 1 fully saturated rings. The third kappa shape index (κ3) is 3.12. The lowest BCUT2D eigenvalue weighted by molar-refractivity contribution is -0.137. The molecule has 0 saturated carbocycles. The van der Waals surface area contributed by atoms with Crippen molar-refractivity contribution < 1.29 is 28.2 Å². The number of esters is 1. The Morgan fingerprint density at radius 3 is 2.38 bits per heavy atom. The van der Waals surface area contributed by atoms with Crippen LogP contribution in [0.2, 0.25) is 0 Å². The van der Waals surface area contributed by atoms with Crippen LogP contribution in [-0.4, -0.2) is 49.4 Å². The quantitative estimate of drug-likeness (QED) is 0.725. The number of thioether (sulfide) groups is 1. The smallest absolute Gasteiger partial charge is 0.319 e. The van der Waals surface area contributed by atoms with Gasteiger partial charge in [-0.25, -0.2) is 0 Å². The maximum atomic E-state index is 11.5. The molecule has 0 amide bonds. The average molecular weight is 352 g/mol. The van der Waals surface area contributed by atoms with Gasteiger partial charge in [0.25, 0.3) is 5.22 Å². The van der Waals surface area contributed by atoms with Crippen molar-refractivity contribution in [3.63, 3.8) is 0 Å². The van der Waals surface area contributed by atoms with Crippen LogP contribution in [-0.2, 0) is 9.53 Å². The largest absolute Gasteiger partial charge is 0.493 e. The van der Waals surface area contributed by atoms with E-state index in [9.17, 15) is 4.79 Å². The fourth-order valence-corrected chi connectivity index (χ4v) is 3.12. The van der Waals surface area contributed by atoms with Gasteiger partial charge in [0.2, 0.25) is 11.6 Å². The second-order valence-corrected chi connectivity index (χ2v) is 6.00. The Labute approximate surface area is 142 Å². The molecule has 1 aromatic heterocycles. The molecule has 24 heavy (non-hydrogen) atoms. The number of hydrogen-bond donors (Lipinski definition) is 0. The summed E-state index contributed by atoms with van der Waals surface area (Å²) < 4.78 is 26.5. The minimum absolute atomic E-state index is 0.257. The zero-order chi connectivity index (χ0) is 17.1. The molecule has 128 valence electrons. The van der Waals surface area contributed by atoms with Gasteiger partial charge in [0.05, 0.1) is 27.9 Å². The topological polar surface area (TPSA) is 92.9 Å². The molecule has 1 aliphatic rings. The first-order valence-corrected chi connectivity index (χ1v) is 8.01. The molecule has 2 aromatic rings. The first-order chi connectivity index (χ1) is 11.7. The van der Waals surface area contributed by atoms with Gasteiger partial charge in [-0.2, -0.15) is 0 Å². The Kier molecular flexibility index (Phi) is 4.79. The van der Waals surface area contributed by atoms with Crippen molar-refractivity contribution in [1.82, 2.24) is 10.2 Å². The normalized spacial score (nSPS) is 16.8. The van der Waals surface area contributed by atoms with Gasteiger partial charge >= 0.3 is 5.97 Å². The molecule has 1 aliphatic heterocycles. The molecular formula is C15H16N2O6S. The highest BCUT2D eigenvalue weighted by atomic mass is 32.2. The molecule has 0 N–H and O–H groups in total. The van der Waals surface area contributed by atoms with Crippen molar-refractivity contribution in [3.8, 4) is 28.7 Å². The molecule has 9 heteroatoms. The van der Waals surface area contributed by atoms with Gasteiger partial charge < -0.3 is 23.4 Å². The van der Waals surface area contributed by atoms with Gasteiger partial charge in [-0.15, -0.1) is 10.2 Å². The number of ether oxygens (including phenoxy) is 4. The molecule has 2 heterocycles. The third-order valence-corrected chi connectivity index (χ3v) is 4.53. The van der Waals surface area contributed by atoms with Crippen LogP contribution in [0.15, 0.2) is 21.8 Å². The van der Waals surface area contributed by atoms with E-state index in [0.717, 1.165) is 0 Å².